The lowest BCUT2D eigenvalue weighted by Gasteiger charge is -2.31. The van der Waals surface area contributed by atoms with E-state index in [1.165, 1.54) is 4.88 Å². The summed E-state index contributed by atoms with van der Waals surface area (Å²) in [6, 6.07) is -0.0940. The highest BCUT2D eigenvalue weighted by atomic mass is 32.1. The van der Waals surface area contributed by atoms with Crippen LogP contribution in [0.2, 0.25) is 0 Å². The highest BCUT2D eigenvalue weighted by Crippen LogP contribution is 2.34. The van der Waals surface area contributed by atoms with Crippen LogP contribution in [0.5, 0.6) is 0 Å². The number of amides is 2. The Hall–Kier alpha value is -1.14. The lowest BCUT2D eigenvalue weighted by atomic mass is 9.81. The van der Waals surface area contributed by atoms with E-state index in [2.05, 4.69) is 36.4 Å². The molecule has 1 aliphatic heterocycles. The Kier molecular flexibility index (Phi) is 6.03. The average molecular weight is 340 g/mol. The largest absolute Gasteiger partial charge is 0.377 e. The quantitative estimate of drug-likeness (QED) is 0.866. The third-order valence-electron chi connectivity index (χ3n) is 4.23. The average Bonchev–Trinajstić information content (AvgIpc) is 3.03. The zero-order valence-corrected chi connectivity index (χ0v) is 15.7. The Morgan fingerprint density at radius 2 is 2.09 bits per heavy atom. The van der Waals surface area contributed by atoms with Gasteiger partial charge in [-0.1, -0.05) is 20.8 Å². The van der Waals surface area contributed by atoms with Crippen LogP contribution >= 0.6 is 11.3 Å². The molecular formula is C17H29N3O2S. The number of carbonyl (C=O) groups excluding carboxylic acids is 1. The minimum Gasteiger partial charge on any atom is -0.377 e. The van der Waals surface area contributed by atoms with Crippen molar-refractivity contribution in [2.45, 2.75) is 53.6 Å². The molecule has 0 bridgehead atoms. The van der Waals surface area contributed by atoms with Crippen molar-refractivity contribution in [3.63, 3.8) is 0 Å². The number of ether oxygens (including phenoxy) is 1. The first kappa shape index (κ1) is 18.2. The summed E-state index contributed by atoms with van der Waals surface area (Å²) >= 11 is 1.70. The van der Waals surface area contributed by atoms with Crippen molar-refractivity contribution >= 4 is 17.4 Å². The van der Waals surface area contributed by atoms with Gasteiger partial charge in [0.2, 0.25) is 0 Å². The van der Waals surface area contributed by atoms with Crippen LogP contribution in [0.15, 0.2) is 0 Å². The summed E-state index contributed by atoms with van der Waals surface area (Å²) in [5.74, 6) is 0.396. The van der Waals surface area contributed by atoms with E-state index in [4.69, 9.17) is 4.74 Å². The fourth-order valence-electron chi connectivity index (χ4n) is 3.18. The molecule has 1 aliphatic rings. The van der Waals surface area contributed by atoms with Crippen LogP contribution in [-0.2, 0) is 11.2 Å². The van der Waals surface area contributed by atoms with Crippen LogP contribution in [0.1, 0.15) is 42.8 Å². The molecule has 23 heavy (non-hydrogen) atoms. The maximum Gasteiger partial charge on any atom is 0.314 e. The summed E-state index contributed by atoms with van der Waals surface area (Å²) in [5.41, 5.74) is 1.19. The van der Waals surface area contributed by atoms with Gasteiger partial charge in [0.15, 0.2) is 0 Å². The molecule has 0 spiro atoms. The third-order valence-corrected chi connectivity index (χ3v) is 5.36. The van der Waals surface area contributed by atoms with E-state index in [0.717, 1.165) is 30.2 Å². The molecule has 1 aromatic rings. The zero-order valence-electron chi connectivity index (χ0n) is 14.9. The molecule has 2 rings (SSSR count). The van der Waals surface area contributed by atoms with Crippen molar-refractivity contribution < 1.29 is 9.53 Å². The molecule has 0 aromatic carbocycles. The smallest absolute Gasteiger partial charge is 0.314 e. The molecule has 1 saturated heterocycles. The number of hydrogen-bond donors (Lipinski definition) is 2. The predicted molar refractivity (Wildman–Crippen MR) is 94.0 cm³/mol. The molecule has 2 heterocycles. The van der Waals surface area contributed by atoms with E-state index in [1.807, 2.05) is 13.8 Å². The van der Waals surface area contributed by atoms with Crippen LogP contribution in [0.4, 0.5) is 4.79 Å². The van der Waals surface area contributed by atoms with Crippen LogP contribution in [0.25, 0.3) is 0 Å². The second-order valence-electron chi connectivity index (χ2n) is 7.33. The molecule has 0 saturated carbocycles. The van der Waals surface area contributed by atoms with Crippen molar-refractivity contribution in [2.24, 2.45) is 11.3 Å². The number of carbonyl (C=O) groups is 1. The highest BCUT2D eigenvalue weighted by Gasteiger charge is 2.37. The van der Waals surface area contributed by atoms with Gasteiger partial charge in [0.1, 0.15) is 0 Å². The van der Waals surface area contributed by atoms with Crippen LogP contribution in [0.3, 0.4) is 0 Å². The Morgan fingerprint density at radius 1 is 1.35 bits per heavy atom. The van der Waals surface area contributed by atoms with E-state index < -0.39 is 0 Å². The summed E-state index contributed by atoms with van der Waals surface area (Å²) in [7, 11) is 0. The number of thiazole rings is 1. The fourth-order valence-corrected chi connectivity index (χ4v) is 4.12. The van der Waals surface area contributed by atoms with Crippen molar-refractivity contribution in [3.8, 4) is 0 Å². The third kappa shape index (κ3) is 5.18. The first-order valence-electron chi connectivity index (χ1n) is 8.33. The second-order valence-corrected chi connectivity index (χ2v) is 8.62. The molecule has 6 heteroatoms. The first-order valence-corrected chi connectivity index (χ1v) is 9.15. The van der Waals surface area contributed by atoms with Gasteiger partial charge >= 0.3 is 6.03 Å². The van der Waals surface area contributed by atoms with E-state index in [1.54, 1.807) is 11.3 Å². The SMILES string of the molecule is Cc1nc(C)c(CCNC(=O)NC[C@@H]2CCO[C@H]2C(C)(C)C)s1. The molecule has 5 nitrogen and oxygen atoms in total. The lowest BCUT2D eigenvalue weighted by Crippen LogP contribution is -2.42. The van der Waals surface area contributed by atoms with Gasteiger partial charge in [-0.05, 0) is 25.7 Å². The maximum atomic E-state index is 12.0. The van der Waals surface area contributed by atoms with Crippen molar-refractivity contribution in [1.82, 2.24) is 15.6 Å². The summed E-state index contributed by atoms with van der Waals surface area (Å²) in [4.78, 5) is 17.6. The normalized spacial score (nSPS) is 21.4. The van der Waals surface area contributed by atoms with Crippen molar-refractivity contribution in [3.05, 3.63) is 15.6 Å². The number of hydrogen-bond acceptors (Lipinski definition) is 4. The van der Waals surface area contributed by atoms with E-state index in [0.29, 0.717) is 19.0 Å². The van der Waals surface area contributed by atoms with Gasteiger partial charge in [0, 0.05) is 36.9 Å². The Labute approximate surface area is 143 Å². The summed E-state index contributed by atoms with van der Waals surface area (Å²) in [6.45, 7) is 12.7. The van der Waals surface area contributed by atoms with Gasteiger partial charge < -0.3 is 15.4 Å². The van der Waals surface area contributed by atoms with Crippen LogP contribution in [0, 0.1) is 25.2 Å². The van der Waals surface area contributed by atoms with E-state index in [-0.39, 0.29) is 17.6 Å². The fraction of sp³-hybridized carbons (Fsp3) is 0.765. The molecule has 0 unspecified atom stereocenters. The molecule has 1 fully saturated rings. The Morgan fingerprint density at radius 3 is 2.70 bits per heavy atom. The van der Waals surface area contributed by atoms with Crippen molar-refractivity contribution in [2.75, 3.05) is 19.7 Å². The number of rotatable bonds is 5. The molecule has 2 amide bonds. The van der Waals surface area contributed by atoms with Gasteiger partial charge in [0.25, 0.3) is 0 Å². The molecular weight excluding hydrogens is 310 g/mol. The monoisotopic (exact) mass is 339 g/mol. The molecule has 2 atom stereocenters. The molecule has 0 radical (unpaired) electrons. The maximum absolute atomic E-state index is 12.0. The molecule has 1 aromatic heterocycles. The van der Waals surface area contributed by atoms with E-state index in [9.17, 15) is 4.79 Å². The zero-order chi connectivity index (χ0) is 17.0. The number of nitrogens with one attached hydrogen (secondary N) is 2. The highest BCUT2D eigenvalue weighted by molar-refractivity contribution is 7.11. The van der Waals surface area contributed by atoms with E-state index >= 15 is 0 Å². The van der Waals surface area contributed by atoms with Gasteiger partial charge in [-0.15, -0.1) is 11.3 Å². The van der Waals surface area contributed by atoms with Crippen LogP contribution < -0.4 is 10.6 Å². The topological polar surface area (TPSA) is 63.2 Å². The minimum atomic E-state index is -0.0940. The van der Waals surface area contributed by atoms with Gasteiger partial charge in [-0.2, -0.15) is 0 Å². The number of aromatic nitrogens is 1. The summed E-state index contributed by atoms with van der Waals surface area (Å²) < 4.78 is 5.84. The first-order chi connectivity index (χ1) is 10.8. The molecule has 130 valence electrons. The van der Waals surface area contributed by atoms with Gasteiger partial charge in [-0.25, -0.2) is 9.78 Å². The number of nitrogens with zero attached hydrogens (tertiary/aromatic N) is 1. The lowest BCUT2D eigenvalue weighted by molar-refractivity contribution is 0.00775. The number of aryl methyl sites for hydroxylation is 2. The van der Waals surface area contributed by atoms with Gasteiger partial charge in [-0.3, -0.25) is 0 Å². The summed E-state index contributed by atoms with van der Waals surface area (Å²) in [6.07, 6.45) is 2.06. The van der Waals surface area contributed by atoms with Crippen molar-refractivity contribution in [1.29, 1.82) is 0 Å². The standard InChI is InChI=1S/C17H29N3O2S/c1-11-14(23-12(2)20-11)6-8-18-16(21)19-10-13-7-9-22-15(13)17(3,4)5/h13,15H,6-10H2,1-5H3,(H2,18,19,21)/t13-,15+/m0/s1. The Bertz CT molecular complexity index is 536. The second kappa shape index (κ2) is 7.62. The number of urea groups is 1. The molecule has 2 N–H and O–H groups in total. The van der Waals surface area contributed by atoms with Gasteiger partial charge in [0.05, 0.1) is 16.8 Å². The van der Waals surface area contributed by atoms with Crippen LogP contribution in [-0.4, -0.2) is 36.8 Å². The summed E-state index contributed by atoms with van der Waals surface area (Å²) in [5, 5.41) is 7.00. The molecule has 0 aliphatic carbocycles. The predicted octanol–water partition coefficient (Wildman–Crippen LogP) is 3.05. The minimum absolute atomic E-state index is 0.0940. The Balaban J connectivity index is 1.70.